The molecule has 0 atom stereocenters. The summed E-state index contributed by atoms with van der Waals surface area (Å²) in [5.41, 5.74) is 0.808. The summed E-state index contributed by atoms with van der Waals surface area (Å²) in [5.74, 6) is 0.510. The van der Waals surface area contributed by atoms with Crippen LogP contribution in [0.25, 0.3) is 17.0 Å². The van der Waals surface area contributed by atoms with E-state index in [1.54, 1.807) is 24.3 Å². The highest BCUT2D eigenvalue weighted by molar-refractivity contribution is 5.81. The smallest absolute Gasteiger partial charge is 0.231 e. The number of halogens is 1. The molecule has 0 spiro atoms. The number of ether oxygens (including phenoxy) is 1. The van der Waals surface area contributed by atoms with Crippen LogP contribution in [0.15, 0.2) is 36.4 Å². The van der Waals surface area contributed by atoms with E-state index < -0.39 is 5.41 Å². The maximum absolute atomic E-state index is 13.1. The van der Waals surface area contributed by atoms with Crippen LogP contribution in [0, 0.1) is 11.2 Å². The topological polar surface area (TPSA) is 81.4 Å². The highest BCUT2D eigenvalue weighted by Gasteiger charge is 2.20. The molecule has 7 nitrogen and oxygen atoms in total. The second-order valence-electron chi connectivity index (χ2n) is 6.83. The van der Waals surface area contributed by atoms with Gasteiger partial charge < -0.3 is 10.1 Å². The van der Waals surface area contributed by atoms with E-state index in [2.05, 4.69) is 20.6 Å². The third-order valence-corrected chi connectivity index (χ3v) is 3.66. The molecule has 0 radical (unpaired) electrons. The Hall–Kier alpha value is -3.03. The molecule has 0 fully saturated rings. The molecule has 1 amide bonds. The molecule has 0 aliphatic carbocycles. The average molecular weight is 357 g/mol. The van der Waals surface area contributed by atoms with Crippen LogP contribution in [0.2, 0.25) is 0 Å². The first-order chi connectivity index (χ1) is 12.3. The number of nitrogens with one attached hydrogen (secondary N) is 1. The van der Waals surface area contributed by atoms with Crippen molar-refractivity contribution in [3.05, 3.63) is 42.2 Å². The summed E-state index contributed by atoms with van der Waals surface area (Å²) < 4.78 is 20.2. The number of carbonyl (C=O) groups excluding carboxylic acids is 1. The first kappa shape index (κ1) is 17.8. The molecule has 1 aromatic carbocycles. The van der Waals surface area contributed by atoms with Crippen molar-refractivity contribution in [2.75, 3.05) is 13.2 Å². The van der Waals surface area contributed by atoms with Gasteiger partial charge in [0.15, 0.2) is 11.5 Å². The molecule has 3 aromatic rings. The van der Waals surface area contributed by atoms with E-state index in [1.807, 2.05) is 20.8 Å². The van der Waals surface area contributed by atoms with Gasteiger partial charge in [0, 0.05) is 17.0 Å². The van der Waals surface area contributed by atoms with Crippen LogP contribution in [0.4, 0.5) is 4.39 Å². The Labute approximate surface area is 150 Å². The number of fused-ring (bicyclic) bond motifs is 1. The molecule has 0 bridgehead atoms. The van der Waals surface area contributed by atoms with Gasteiger partial charge in [-0.2, -0.15) is 4.52 Å². The number of hydrogen-bond donors (Lipinski definition) is 1. The summed E-state index contributed by atoms with van der Waals surface area (Å²) in [6.07, 6.45) is 0. The second-order valence-corrected chi connectivity index (χ2v) is 6.83. The van der Waals surface area contributed by atoms with Gasteiger partial charge in [0.25, 0.3) is 0 Å². The van der Waals surface area contributed by atoms with E-state index in [9.17, 15) is 9.18 Å². The Morgan fingerprint density at radius 3 is 2.58 bits per heavy atom. The van der Waals surface area contributed by atoms with Gasteiger partial charge in [-0.15, -0.1) is 15.3 Å². The number of aromatic nitrogens is 4. The van der Waals surface area contributed by atoms with Crippen LogP contribution in [0.3, 0.4) is 0 Å². The molecule has 0 saturated heterocycles. The van der Waals surface area contributed by atoms with E-state index in [1.165, 1.54) is 16.6 Å². The zero-order chi connectivity index (χ0) is 18.7. The van der Waals surface area contributed by atoms with E-state index in [0.717, 1.165) is 0 Å². The van der Waals surface area contributed by atoms with E-state index in [-0.39, 0.29) is 18.3 Å². The van der Waals surface area contributed by atoms with Gasteiger partial charge >= 0.3 is 0 Å². The van der Waals surface area contributed by atoms with Crippen molar-refractivity contribution in [2.45, 2.75) is 20.8 Å². The lowest BCUT2D eigenvalue weighted by molar-refractivity contribution is -0.128. The number of amides is 1. The largest absolute Gasteiger partial charge is 0.475 e. The average Bonchev–Trinajstić information content (AvgIpc) is 3.01. The highest BCUT2D eigenvalue weighted by atomic mass is 19.1. The molecule has 1 N–H and O–H groups in total. The minimum absolute atomic E-state index is 0.0399. The van der Waals surface area contributed by atoms with Crippen molar-refractivity contribution >= 4 is 11.6 Å². The first-order valence-corrected chi connectivity index (χ1v) is 8.24. The number of hydrogen-bond acceptors (Lipinski definition) is 5. The maximum atomic E-state index is 13.1. The summed E-state index contributed by atoms with van der Waals surface area (Å²) in [6, 6.07) is 9.36. The third kappa shape index (κ3) is 3.96. The van der Waals surface area contributed by atoms with Gasteiger partial charge in [0.05, 0.1) is 6.54 Å². The lowest BCUT2D eigenvalue weighted by Crippen LogP contribution is -2.37. The lowest BCUT2D eigenvalue weighted by Gasteiger charge is -2.17. The van der Waals surface area contributed by atoms with Crippen LogP contribution in [-0.2, 0) is 4.79 Å². The Kier molecular flexibility index (Phi) is 4.83. The van der Waals surface area contributed by atoms with Gasteiger partial charge in [0.1, 0.15) is 12.4 Å². The van der Waals surface area contributed by atoms with Crippen LogP contribution >= 0.6 is 0 Å². The van der Waals surface area contributed by atoms with Crippen LogP contribution < -0.4 is 10.1 Å². The van der Waals surface area contributed by atoms with E-state index in [4.69, 9.17) is 4.74 Å². The molecule has 3 rings (SSSR count). The molecule has 0 saturated carbocycles. The predicted octanol–water partition coefficient (Wildman–Crippen LogP) is 2.47. The van der Waals surface area contributed by atoms with Crippen molar-refractivity contribution in [1.82, 2.24) is 25.1 Å². The van der Waals surface area contributed by atoms with Gasteiger partial charge in [-0.3, -0.25) is 4.79 Å². The SMILES string of the molecule is CC(C)(C)C(=O)NCCOc1ccc2nnc(-c3ccc(F)cc3)n2n1. The van der Waals surface area contributed by atoms with Gasteiger partial charge in [0.2, 0.25) is 11.8 Å². The minimum Gasteiger partial charge on any atom is -0.475 e. The molecule has 136 valence electrons. The maximum Gasteiger partial charge on any atom is 0.231 e. The second kappa shape index (κ2) is 7.07. The van der Waals surface area contributed by atoms with E-state index in [0.29, 0.717) is 29.5 Å². The summed E-state index contributed by atoms with van der Waals surface area (Å²) in [7, 11) is 0. The molecule has 8 heteroatoms. The Bertz CT molecular complexity index is 915. The fourth-order valence-electron chi connectivity index (χ4n) is 2.21. The molecule has 26 heavy (non-hydrogen) atoms. The van der Waals surface area contributed by atoms with Gasteiger partial charge in [-0.05, 0) is 30.3 Å². The normalized spacial score (nSPS) is 11.5. The summed E-state index contributed by atoms with van der Waals surface area (Å²) in [5, 5.41) is 15.3. The first-order valence-electron chi connectivity index (χ1n) is 8.24. The minimum atomic E-state index is -0.441. The van der Waals surface area contributed by atoms with Crippen LogP contribution in [0.5, 0.6) is 5.88 Å². The number of rotatable bonds is 5. The number of carbonyl (C=O) groups is 1. The van der Waals surface area contributed by atoms with Crippen molar-refractivity contribution in [1.29, 1.82) is 0 Å². The zero-order valence-corrected chi connectivity index (χ0v) is 14.9. The summed E-state index contributed by atoms with van der Waals surface area (Å²) in [4.78, 5) is 11.8. The van der Waals surface area contributed by atoms with Crippen molar-refractivity contribution in [3.63, 3.8) is 0 Å². The number of nitrogens with zero attached hydrogens (tertiary/aromatic N) is 4. The third-order valence-electron chi connectivity index (χ3n) is 3.66. The fraction of sp³-hybridized carbons (Fsp3) is 0.333. The zero-order valence-electron chi connectivity index (χ0n) is 14.9. The summed E-state index contributed by atoms with van der Waals surface area (Å²) in [6.45, 7) is 6.21. The van der Waals surface area contributed by atoms with E-state index >= 15 is 0 Å². The monoisotopic (exact) mass is 357 g/mol. The quantitative estimate of drug-likeness (QED) is 0.710. The molecular weight excluding hydrogens is 337 g/mol. The molecular formula is C18H20FN5O2. The Morgan fingerprint density at radius 1 is 1.15 bits per heavy atom. The van der Waals surface area contributed by atoms with Crippen molar-refractivity contribution in [2.24, 2.45) is 5.41 Å². The molecule has 2 heterocycles. The molecule has 0 aliphatic heterocycles. The van der Waals surface area contributed by atoms with Crippen molar-refractivity contribution in [3.8, 4) is 17.3 Å². The van der Waals surface area contributed by atoms with Gasteiger partial charge in [-0.1, -0.05) is 20.8 Å². The highest BCUT2D eigenvalue weighted by Crippen LogP contribution is 2.19. The molecule has 0 aliphatic rings. The Balaban J connectivity index is 1.70. The number of benzene rings is 1. The van der Waals surface area contributed by atoms with Crippen LogP contribution in [-0.4, -0.2) is 38.9 Å². The van der Waals surface area contributed by atoms with Gasteiger partial charge in [-0.25, -0.2) is 4.39 Å². The Morgan fingerprint density at radius 2 is 1.88 bits per heavy atom. The standard InChI is InChI=1S/C18H20FN5O2/c1-18(2,3)17(25)20-10-11-26-15-9-8-14-21-22-16(24(14)23-15)12-4-6-13(19)7-5-12/h4-9H,10-11H2,1-3H3,(H,20,25). The molecule has 2 aromatic heterocycles. The molecule has 0 unspecified atom stereocenters. The van der Waals surface area contributed by atoms with Crippen molar-refractivity contribution < 1.29 is 13.9 Å². The fourth-order valence-corrected chi connectivity index (χ4v) is 2.21. The summed E-state index contributed by atoms with van der Waals surface area (Å²) >= 11 is 0. The predicted molar refractivity (Wildman–Crippen MR) is 94.1 cm³/mol. The van der Waals surface area contributed by atoms with Crippen LogP contribution in [0.1, 0.15) is 20.8 Å². The lowest BCUT2D eigenvalue weighted by atomic mass is 9.96.